The number of H-pyrrole nitrogens is 1. The summed E-state index contributed by atoms with van der Waals surface area (Å²) in [7, 11) is 0. The van der Waals surface area contributed by atoms with Crippen LogP contribution in [0.25, 0.3) is 0 Å². The van der Waals surface area contributed by atoms with Crippen LogP contribution >= 0.6 is 11.6 Å². The van der Waals surface area contributed by atoms with E-state index in [0.717, 1.165) is 5.56 Å². The number of aromatic nitrogens is 1. The minimum Gasteiger partial charge on any atom is -0.480 e. The summed E-state index contributed by atoms with van der Waals surface area (Å²) in [5, 5.41) is 0.381. The Bertz CT molecular complexity index is 900. The van der Waals surface area contributed by atoms with Gasteiger partial charge in [0.05, 0.1) is 10.7 Å². The summed E-state index contributed by atoms with van der Waals surface area (Å²) in [5.41, 5.74) is 2.84. The van der Waals surface area contributed by atoms with Crippen molar-refractivity contribution >= 4 is 29.1 Å². The van der Waals surface area contributed by atoms with E-state index in [0.29, 0.717) is 27.6 Å². The largest absolute Gasteiger partial charge is 0.480 e. The standard InChI is InChI=1S/C20H22ClNO5/c1-10-6-7-15(21)16(8-10)26-9-17(24)27-14(5)20(25)19-11(2)18(13(4)23)12(3)22-19/h6-8,14,22H,9H2,1-5H3/t14-/m0/s1. The zero-order valence-electron chi connectivity index (χ0n) is 15.9. The first-order chi connectivity index (χ1) is 12.6. The second-order valence-electron chi connectivity index (χ2n) is 6.40. The molecule has 0 fully saturated rings. The molecule has 0 bridgehead atoms. The van der Waals surface area contributed by atoms with Crippen LogP contribution in [0.15, 0.2) is 18.2 Å². The molecule has 0 aliphatic rings. The molecule has 0 unspecified atom stereocenters. The summed E-state index contributed by atoms with van der Waals surface area (Å²) in [6.45, 7) is 7.82. The average Bonchev–Trinajstić information content (AvgIpc) is 2.89. The third-order valence-electron chi connectivity index (χ3n) is 4.15. The van der Waals surface area contributed by atoms with E-state index in [9.17, 15) is 14.4 Å². The molecule has 6 nitrogen and oxygen atoms in total. The number of Topliss-reactive ketones (excluding diaryl/α,β-unsaturated/α-hetero) is 2. The Hall–Kier alpha value is -2.60. The van der Waals surface area contributed by atoms with Gasteiger partial charge >= 0.3 is 5.97 Å². The van der Waals surface area contributed by atoms with Gasteiger partial charge in [0.2, 0.25) is 5.78 Å². The van der Waals surface area contributed by atoms with Gasteiger partial charge in [-0.2, -0.15) is 0 Å². The molecule has 0 spiro atoms. The fourth-order valence-corrected chi connectivity index (χ4v) is 3.04. The third kappa shape index (κ3) is 4.77. The van der Waals surface area contributed by atoms with Crippen LogP contribution in [0.4, 0.5) is 0 Å². The molecule has 27 heavy (non-hydrogen) atoms. The van der Waals surface area contributed by atoms with Crippen LogP contribution in [0.3, 0.4) is 0 Å². The fraction of sp³-hybridized carbons (Fsp3) is 0.350. The fourth-order valence-electron chi connectivity index (χ4n) is 2.87. The average molecular weight is 392 g/mol. The van der Waals surface area contributed by atoms with E-state index in [1.807, 2.05) is 13.0 Å². The lowest BCUT2D eigenvalue weighted by molar-refractivity contribution is -0.148. The van der Waals surface area contributed by atoms with Crippen molar-refractivity contribution < 1.29 is 23.9 Å². The van der Waals surface area contributed by atoms with Crippen molar-refractivity contribution in [3.05, 3.63) is 51.3 Å². The number of halogens is 1. The second kappa shape index (κ2) is 8.39. The molecule has 1 atom stereocenters. The zero-order valence-corrected chi connectivity index (χ0v) is 16.7. The maximum absolute atomic E-state index is 12.6. The van der Waals surface area contributed by atoms with E-state index in [1.54, 1.807) is 26.0 Å². The van der Waals surface area contributed by atoms with E-state index >= 15 is 0 Å². The maximum atomic E-state index is 12.6. The lowest BCUT2D eigenvalue weighted by Gasteiger charge is -2.13. The molecule has 7 heteroatoms. The topological polar surface area (TPSA) is 85.5 Å². The molecule has 0 saturated carbocycles. The number of benzene rings is 1. The van der Waals surface area contributed by atoms with Crippen LogP contribution in [0, 0.1) is 20.8 Å². The van der Waals surface area contributed by atoms with Crippen molar-refractivity contribution in [3.8, 4) is 5.75 Å². The molecule has 2 aromatic rings. The molecule has 0 saturated heterocycles. The Morgan fingerprint density at radius 2 is 1.85 bits per heavy atom. The first kappa shape index (κ1) is 20.7. The van der Waals surface area contributed by atoms with Gasteiger partial charge in [0.1, 0.15) is 5.75 Å². The maximum Gasteiger partial charge on any atom is 0.344 e. The van der Waals surface area contributed by atoms with Gasteiger partial charge in [0.25, 0.3) is 0 Å². The third-order valence-corrected chi connectivity index (χ3v) is 4.46. The van der Waals surface area contributed by atoms with Gasteiger partial charge in [-0.3, -0.25) is 9.59 Å². The van der Waals surface area contributed by atoms with Gasteiger partial charge in [-0.15, -0.1) is 0 Å². The number of ether oxygens (including phenoxy) is 2. The normalized spacial score (nSPS) is 11.8. The van der Waals surface area contributed by atoms with Gasteiger partial charge in [0, 0.05) is 11.3 Å². The summed E-state index contributed by atoms with van der Waals surface area (Å²) in [5.74, 6) is -0.867. The predicted molar refractivity (Wildman–Crippen MR) is 102 cm³/mol. The highest BCUT2D eigenvalue weighted by atomic mass is 35.5. The molecular weight excluding hydrogens is 370 g/mol. The van der Waals surface area contributed by atoms with Crippen LogP contribution in [0.2, 0.25) is 5.02 Å². The molecular formula is C20H22ClNO5. The minimum absolute atomic E-state index is 0.131. The summed E-state index contributed by atoms with van der Waals surface area (Å²) in [4.78, 5) is 39.2. The SMILES string of the molecule is CC(=O)c1c(C)[nH]c(C(=O)[C@H](C)OC(=O)COc2cc(C)ccc2Cl)c1C. The van der Waals surface area contributed by atoms with Crippen molar-refractivity contribution in [2.45, 2.75) is 40.7 Å². The summed E-state index contributed by atoms with van der Waals surface area (Å²) in [6.07, 6.45) is -1.02. The minimum atomic E-state index is -1.02. The van der Waals surface area contributed by atoms with Crippen molar-refractivity contribution in [1.82, 2.24) is 4.98 Å². The molecule has 1 aromatic heterocycles. The Balaban J connectivity index is 2.02. The van der Waals surface area contributed by atoms with Gasteiger partial charge in [0.15, 0.2) is 18.5 Å². The second-order valence-corrected chi connectivity index (χ2v) is 6.81. The number of aromatic amines is 1. The first-order valence-electron chi connectivity index (χ1n) is 8.44. The molecule has 0 aliphatic carbocycles. The quantitative estimate of drug-likeness (QED) is 0.569. The number of nitrogens with one attached hydrogen (secondary N) is 1. The smallest absolute Gasteiger partial charge is 0.344 e. The number of carbonyl (C=O) groups excluding carboxylic acids is 3. The van der Waals surface area contributed by atoms with E-state index in [2.05, 4.69) is 4.98 Å². The highest BCUT2D eigenvalue weighted by Gasteiger charge is 2.26. The van der Waals surface area contributed by atoms with E-state index < -0.39 is 17.9 Å². The number of rotatable bonds is 7. The van der Waals surface area contributed by atoms with E-state index in [4.69, 9.17) is 21.1 Å². The van der Waals surface area contributed by atoms with Gasteiger partial charge in [-0.25, -0.2) is 4.79 Å². The molecule has 0 radical (unpaired) electrons. The Kier molecular flexibility index (Phi) is 6.44. The number of ketones is 2. The molecule has 1 N–H and O–H groups in total. The number of aryl methyl sites for hydroxylation is 2. The highest BCUT2D eigenvalue weighted by molar-refractivity contribution is 6.32. The van der Waals surface area contributed by atoms with Crippen LogP contribution < -0.4 is 4.74 Å². The molecule has 1 heterocycles. The lowest BCUT2D eigenvalue weighted by atomic mass is 10.0. The van der Waals surface area contributed by atoms with E-state index in [-0.39, 0.29) is 18.1 Å². The van der Waals surface area contributed by atoms with E-state index in [1.165, 1.54) is 13.8 Å². The van der Waals surface area contributed by atoms with Crippen LogP contribution in [0.1, 0.15) is 51.5 Å². The summed E-state index contributed by atoms with van der Waals surface area (Å²) < 4.78 is 10.5. The molecule has 0 amide bonds. The zero-order chi connectivity index (χ0) is 20.3. The molecule has 1 aromatic carbocycles. The van der Waals surface area contributed by atoms with Crippen molar-refractivity contribution in [2.24, 2.45) is 0 Å². The Morgan fingerprint density at radius 3 is 2.44 bits per heavy atom. The predicted octanol–water partition coefficient (Wildman–Crippen LogP) is 3.99. The summed E-state index contributed by atoms with van der Waals surface area (Å²) >= 11 is 6.01. The van der Waals surface area contributed by atoms with Crippen molar-refractivity contribution in [2.75, 3.05) is 6.61 Å². The molecule has 144 valence electrons. The van der Waals surface area contributed by atoms with Crippen LogP contribution in [-0.4, -0.2) is 35.2 Å². The van der Waals surface area contributed by atoms with Gasteiger partial charge in [-0.05, 0) is 57.9 Å². The Labute approximate surface area is 162 Å². The Morgan fingerprint density at radius 1 is 1.19 bits per heavy atom. The monoisotopic (exact) mass is 391 g/mol. The van der Waals surface area contributed by atoms with Crippen molar-refractivity contribution in [3.63, 3.8) is 0 Å². The number of carbonyl (C=O) groups is 3. The van der Waals surface area contributed by atoms with Crippen molar-refractivity contribution in [1.29, 1.82) is 0 Å². The number of hydrogen-bond donors (Lipinski definition) is 1. The number of esters is 1. The van der Waals surface area contributed by atoms with Gasteiger partial charge in [-0.1, -0.05) is 17.7 Å². The first-order valence-corrected chi connectivity index (χ1v) is 8.82. The highest BCUT2D eigenvalue weighted by Crippen LogP contribution is 2.25. The van der Waals surface area contributed by atoms with Crippen LogP contribution in [-0.2, 0) is 9.53 Å². The summed E-state index contributed by atoms with van der Waals surface area (Å²) in [6, 6.07) is 5.20. The van der Waals surface area contributed by atoms with Crippen LogP contribution in [0.5, 0.6) is 5.75 Å². The molecule has 2 rings (SSSR count). The lowest BCUT2D eigenvalue weighted by Crippen LogP contribution is -2.28. The number of hydrogen-bond acceptors (Lipinski definition) is 5. The van der Waals surface area contributed by atoms with Gasteiger partial charge < -0.3 is 14.5 Å². The molecule has 0 aliphatic heterocycles.